The fourth-order valence-electron chi connectivity index (χ4n) is 5.13. The van der Waals surface area contributed by atoms with Gasteiger partial charge in [0.15, 0.2) is 0 Å². The molecule has 3 aliphatic rings. The second-order valence-electron chi connectivity index (χ2n) is 10.2. The minimum atomic E-state index is -0.138. The number of carbonyl (C=O) groups is 1. The van der Waals surface area contributed by atoms with Crippen molar-refractivity contribution in [3.8, 4) is 11.5 Å². The van der Waals surface area contributed by atoms with E-state index in [1.807, 2.05) is 53.4 Å². The van der Waals surface area contributed by atoms with Crippen LogP contribution in [0.5, 0.6) is 11.5 Å². The molecule has 1 amide bonds. The Balaban J connectivity index is 1.07. The molecule has 2 aromatic carbocycles. The lowest BCUT2D eigenvalue weighted by atomic mass is 10.1. The van der Waals surface area contributed by atoms with E-state index < -0.39 is 0 Å². The van der Waals surface area contributed by atoms with Gasteiger partial charge >= 0.3 is 0 Å². The van der Waals surface area contributed by atoms with E-state index in [1.54, 1.807) is 0 Å². The van der Waals surface area contributed by atoms with Crippen LogP contribution in [0.15, 0.2) is 66.4 Å². The van der Waals surface area contributed by atoms with Crippen molar-refractivity contribution in [3.05, 3.63) is 66.4 Å². The first kappa shape index (κ1) is 25.4. The van der Waals surface area contributed by atoms with E-state index in [1.165, 1.54) is 0 Å². The van der Waals surface area contributed by atoms with Crippen molar-refractivity contribution < 1.29 is 19.1 Å². The van der Waals surface area contributed by atoms with Gasteiger partial charge in [-0.3, -0.25) is 20.0 Å². The van der Waals surface area contributed by atoms with Crippen molar-refractivity contribution in [2.45, 2.75) is 45.0 Å². The standard InChI is InChI=1S/C29H38N4O4/c1-22(2)35-28-11-7-6-10-27(28)32-18-16-31(17-19-32)21-25-20-26(30-37-25)29(34)33-14-12-24(13-15-33)36-23-8-4-3-5-9-23/h3-11,20,22,24-25,30H,12-19,21H2,1-2H3. The van der Waals surface area contributed by atoms with E-state index in [0.717, 1.165) is 62.8 Å². The van der Waals surface area contributed by atoms with Crippen molar-refractivity contribution in [3.63, 3.8) is 0 Å². The van der Waals surface area contributed by atoms with Gasteiger partial charge < -0.3 is 19.3 Å². The smallest absolute Gasteiger partial charge is 0.271 e. The van der Waals surface area contributed by atoms with Crippen LogP contribution in [0.4, 0.5) is 5.69 Å². The van der Waals surface area contributed by atoms with Gasteiger partial charge in [0.25, 0.3) is 5.91 Å². The second-order valence-corrected chi connectivity index (χ2v) is 10.2. The Hall–Kier alpha value is -3.23. The Labute approximate surface area is 219 Å². The second kappa shape index (κ2) is 11.9. The average Bonchev–Trinajstić information content (AvgIpc) is 3.38. The lowest BCUT2D eigenvalue weighted by molar-refractivity contribution is -0.130. The summed E-state index contributed by atoms with van der Waals surface area (Å²) in [5.41, 5.74) is 4.59. The maximum absolute atomic E-state index is 13.1. The molecule has 2 saturated heterocycles. The van der Waals surface area contributed by atoms with Crippen LogP contribution >= 0.6 is 0 Å². The van der Waals surface area contributed by atoms with Crippen LogP contribution < -0.4 is 19.9 Å². The van der Waals surface area contributed by atoms with Gasteiger partial charge in [-0.1, -0.05) is 30.3 Å². The molecule has 37 heavy (non-hydrogen) atoms. The summed E-state index contributed by atoms with van der Waals surface area (Å²) >= 11 is 0. The summed E-state index contributed by atoms with van der Waals surface area (Å²) in [6.45, 7) is 9.95. The molecule has 2 aromatic rings. The number of hydroxylamine groups is 1. The Morgan fingerprint density at radius 1 is 0.973 bits per heavy atom. The van der Waals surface area contributed by atoms with E-state index in [4.69, 9.17) is 14.3 Å². The van der Waals surface area contributed by atoms with Crippen LogP contribution in [0.3, 0.4) is 0 Å². The van der Waals surface area contributed by atoms with E-state index in [-0.39, 0.29) is 24.2 Å². The summed E-state index contributed by atoms with van der Waals surface area (Å²) in [6.07, 6.45) is 3.74. The first-order valence-electron chi connectivity index (χ1n) is 13.4. The molecule has 1 N–H and O–H groups in total. The third-order valence-corrected chi connectivity index (χ3v) is 7.06. The van der Waals surface area contributed by atoms with Crippen LogP contribution in [0.1, 0.15) is 26.7 Å². The van der Waals surface area contributed by atoms with Crippen molar-refractivity contribution in [2.24, 2.45) is 0 Å². The number of ether oxygens (including phenoxy) is 2. The SMILES string of the molecule is CC(C)Oc1ccccc1N1CCN(CC2C=C(C(=O)N3CCC(Oc4ccccc4)CC3)NO2)CC1. The molecule has 2 fully saturated rings. The summed E-state index contributed by atoms with van der Waals surface area (Å²) in [5, 5.41) is 0. The van der Waals surface area contributed by atoms with Crippen molar-refractivity contribution >= 4 is 11.6 Å². The minimum absolute atomic E-state index is 0.00670. The molecule has 0 spiro atoms. The van der Waals surface area contributed by atoms with Gasteiger partial charge in [0, 0.05) is 58.7 Å². The van der Waals surface area contributed by atoms with Crippen molar-refractivity contribution in [2.75, 3.05) is 50.7 Å². The molecule has 0 bridgehead atoms. The lowest BCUT2D eigenvalue weighted by Crippen LogP contribution is -2.48. The van der Waals surface area contributed by atoms with Crippen LogP contribution in [0.2, 0.25) is 0 Å². The predicted molar refractivity (Wildman–Crippen MR) is 144 cm³/mol. The van der Waals surface area contributed by atoms with Crippen molar-refractivity contribution in [1.29, 1.82) is 0 Å². The third-order valence-electron chi connectivity index (χ3n) is 7.06. The average molecular weight is 507 g/mol. The van der Waals surface area contributed by atoms with E-state index in [9.17, 15) is 4.79 Å². The summed E-state index contributed by atoms with van der Waals surface area (Å²) < 4.78 is 12.1. The molecule has 1 unspecified atom stereocenters. The summed E-state index contributed by atoms with van der Waals surface area (Å²) in [7, 11) is 0. The van der Waals surface area contributed by atoms with Gasteiger partial charge in [0.05, 0.1) is 11.8 Å². The minimum Gasteiger partial charge on any atom is -0.490 e. The Kier molecular flexibility index (Phi) is 8.16. The van der Waals surface area contributed by atoms with E-state index in [0.29, 0.717) is 18.8 Å². The highest BCUT2D eigenvalue weighted by Gasteiger charge is 2.30. The fourth-order valence-corrected chi connectivity index (χ4v) is 5.13. The van der Waals surface area contributed by atoms with Crippen molar-refractivity contribution in [1.82, 2.24) is 15.3 Å². The van der Waals surface area contributed by atoms with Crippen LogP contribution in [-0.4, -0.2) is 79.8 Å². The predicted octanol–water partition coefficient (Wildman–Crippen LogP) is 3.45. The molecule has 8 heteroatoms. The number of para-hydroxylation sites is 3. The molecule has 0 aromatic heterocycles. The maximum atomic E-state index is 13.1. The summed E-state index contributed by atoms with van der Waals surface area (Å²) in [5.74, 6) is 1.83. The Morgan fingerprint density at radius 3 is 2.41 bits per heavy atom. The quantitative estimate of drug-likeness (QED) is 0.588. The number of rotatable bonds is 8. The maximum Gasteiger partial charge on any atom is 0.271 e. The Bertz CT molecular complexity index is 1060. The number of hydrogen-bond donors (Lipinski definition) is 1. The first-order valence-corrected chi connectivity index (χ1v) is 13.4. The number of likely N-dealkylation sites (tertiary alicyclic amines) is 1. The number of amides is 1. The largest absolute Gasteiger partial charge is 0.490 e. The number of nitrogens with one attached hydrogen (secondary N) is 1. The van der Waals surface area contributed by atoms with Gasteiger partial charge in [-0.25, -0.2) is 0 Å². The van der Waals surface area contributed by atoms with E-state index >= 15 is 0 Å². The first-order chi connectivity index (χ1) is 18.0. The lowest BCUT2D eigenvalue weighted by Gasteiger charge is -2.37. The number of benzene rings is 2. The molecule has 0 saturated carbocycles. The molecule has 0 aliphatic carbocycles. The number of nitrogens with zero attached hydrogens (tertiary/aromatic N) is 3. The Morgan fingerprint density at radius 2 is 1.68 bits per heavy atom. The molecule has 1 atom stereocenters. The zero-order valence-electron chi connectivity index (χ0n) is 21.8. The number of anilines is 1. The van der Waals surface area contributed by atoms with Gasteiger partial charge in [-0.2, -0.15) is 0 Å². The zero-order valence-corrected chi connectivity index (χ0v) is 21.8. The summed E-state index contributed by atoms with van der Waals surface area (Å²) in [6, 6.07) is 18.1. The van der Waals surface area contributed by atoms with Gasteiger partial charge in [-0.05, 0) is 44.2 Å². The normalized spacial score (nSPS) is 21.1. The van der Waals surface area contributed by atoms with Crippen LogP contribution in [0, 0.1) is 0 Å². The molecule has 5 rings (SSSR count). The number of piperidine rings is 1. The highest BCUT2D eigenvalue weighted by molar-refractivity contribution is 5.93. The molecular weight excluding hydrogens is 468 g/mol. The fraction of sp³-hybridized carbons (Fsp3) is 0.483. The highest BCUT2D eigenvalue weighted by atomic mass is 16.7. The summed E-state index contributed by atoms with van der Waals surface area (Å²) in [4.78, 5) is 25.5. The molecule has 8 nitrogen and oxygen atoms in total. The number of hydrogen-bond acceptors (Lipinski definition) is 7. The van der Waals surface area contributed by atoms with Gasteiger partial charge in [0.2, 0.25) is 0 Å². The third kappa shape index (κ3) is 6.56. The van der Waals surface area contributed by atoms with Crippen LogP contribution in [-0.2, 0) is 9.63 Å². The van der Waals surface area contributed by atoms with Crippen LogP contribution in [0.25, 0.3) is 0 Å². The van der Waals surface area contributed by atoms with Gasteiger partial charge in [-0.15, -0.1) is 0 Å². The monoisotopic (exact) mass is 506 g/mol. The zero-order chi connectivity index (χ0) is 25.6. The number of carbonyl (C=O) groups excluding carboxylic acids is 1. The molecule has 0 radical (unpaired) electrons. The molecular formula is C29H38N4O4. The molecule has 3 aliphatic heterocycles. The topological polar surface area (TPSA) is 66.5 Å². The highest BCUT2D eigenvalue weighted by Crippen LogP contribution is 2.30. The van der Waals surface area contributed by atoms with Gasteiger partial charge in [0.1, 0.15) is 29.4 Å². The molecule has 198 valence electrons. The molecule has 3 heterocycles. The van der Waals surface area contributed by atoms with E-state index in [2.05, 4.69) is 41.3 Å². The number of piperazine rings is 1.